The Labute approximate surface area is 82.9 Å². The van der Waals surface area contributed by atoms with E-state index in [9.17, 15) is 0 Å². The van der Waals surface area contributed by atoms with E-state index in [1.54, 1.807) is 0 Å². The summed E-state index contributed by atoms with van der Waals surface area (Å²) in [7, 11) is 1.99. The van der Waals surface area contributed by atoms with Crippen molar-refractivity contribution in [3.8, 4) is 0 Å². The predicted molar refractivity (Wildman–Crippen MR) is 57.4 cm³/mol. The zero-order valence-electron chi connectivity index (χ0n) is 8.29. The number of nitrogens with zero attached hydrogens (tertiary/aromatic N) is 2. The van der Waals surface area contributed by atoms with Crippen molar-refractivity contribution in [3.05, 3.63) is 11.4 Å². The van der Waals surface area contributed by atoms with E-state index in [4.69, 9.17) is 0 Å². The van der Waals surface area contributed by atoms with Gasteiger partial charge in [0.2, 0.25) is 0 Å². The molecule has 4 heteroatoms. The highest BCUT2D eigenvalue weighted by atomic mass is 32.2. The Morgan fingerprint density at radius 1 is 1.46 bits per heavy atom. The minimum atomic E-state index is 0.659. The number of aromatic nitrogens is 2. The molecule has 3 nitrogen and oxygen atoms in total. The maximum absolute atomic E-state index is 4.37. The van der Waals surface area contributed by atoms with Crippen LogP contribution in [0.25, 0.3) is 0 Å². The van der Waals surface area contributed by atoms with Crippen molar-refractivity contribution in [1.82, 2.24) is 9.78 Å². The maximum Gasteiger partial charge on any atom is 0.0827 e. The third-order valence-corrected chi connectivity index (χ3v) is 3.77. The normalized spacial score (nSPS) is 17.2. The van der Waals surface area contributed by atoms with Crippen LogP contribution in [-0.4, -0.2) is 27.3 Å². The Balaban J connectivity index is 2.17. The fourth-order valence-electron chi connectivity index (χ4n) is 1.51. The van der Waals surface area contributed by atoms with E-state index in [1.807, 2.05) is 23.5 Å². The Bertz CT molecular complexity index is 315. The number of thioether (sulfide) groups is 1. The third kappa shape index (κ3) is 1.55. The van der Waals surface area contributed by atoms with E-state index in [0.717, 1.165) is 5.69 Å². The van der Waals surface area contributed by atoms with Crippen LogP contribution in [0.5, 0.6) is 0 Å². The fourth-order valence-corrected chi connectivity index (χ4v) is 2.14. The largest absolute Gasteiger partial charge is 0.378 e. The highest BCUT2D eigenvalue weighted by Crippen LogP contribution is 2.25. The summed E-state index contributed by atoms with van der Waals surface area (Å²) in [4.78, 5) is 0. The zero-order chi connectivity index (χ0) is 9.42. The predicted octanol–water partition coefficient (Wildman–Crippen LogP) is 1.56. The minimum Gasteiger partial charge on any atom is -0.378 e. The second-order valence-corrected chi connectivity index (χ2v) is 4.62. The van der Waals surface area contributed by atoms with Crippen LogP contribution in [0.15, 0.2) is 0 Å². The van der Waals surface area contributed by atoms with Crippen LogP contribution in [0, 0.1) is 13.8 Å². The van der Waals surface area contributed by atoms with E-state index in [-0.39, 0.29) is 0 Å². The molecule has 0 atom stereocenters. The first-order valence-electron chi connectivity index (χ1n) is 4.53. The van der Waals surface area contributed by atoms with Crippen molar-refractivity contribution < 1.29 is 0 Å². The summed E-state index contributed by atoms with van der Waals surface area (Å²) in [5.74, 6) is 2.46. The molecule has 72 valence electrons. The van der Waals surface area contributed by atoms with Gasteiger partial charge in [0.15, 0.2) is 0 Å². The molecule has 1 aromatic heterocycles. The smallest absolute Gasteiger partial charge is 0.0827 e. The molecule has 2 heterocycles. The van der Waals surface area contributed by atoms with Gasteiger partial charge in [-0.25, -0.2) is 0 Å². The highest BCUT2D eigenvalue weighted by molar-refractivity contribution is 8.00. The Morgan fingerprint density at radius 3 is 2.54 bits per heavy atom. The van der Waals surface area contributed by atoms with Crippen LogP contribution in [-0.2, 0) is 7.05 Å². The van der Waals surface area contributed by atoms with Crippen molar-refractivity contribution in [2.45, 2.75) is 19.9 Å². The number of hydrogen-bond donors (Lipinski definition) is 1. The summed E-state index contributed by atoms with van der Waals surface area (Å²) in [5, 5.41) is 7.90. The molecular formula is C9H15N3S. The number of rotatable bonds is 2. The van der Waals surface area contributed by atoms with Crippen LogP contribution >= 0.6 is 11.8 Å². The van der Waals surface area contributed by atoms with Crippen LogP contribution in [0.1, 0.15) is 11.4 Å². The number of anilines is 1. The summed E-state index contributed by atoms with van der Waals surface area (Å²) in [6, 6.07) is 0.659. The number of hydrogen-bond acceptors (Lipinski definition) is 3. The van der Waals surface area contributed by atoms with Gasteiger partial charge < -0.3 is 5.32 Å². The molecule has 0 bridgehead atoms. The molecule has 1 N–H and O–H groups in total. The lowest BCUT2D eigenvalue weighted by Gasteiger charge is -2.27. The van der Waals surface area contributed by atoms with Gasteiger partial charge in [0.05, 0.1) is 17.1 Å². The minimum absolute atomic E-state index is 0.659. The quantitative estimate of drug-likeness (QED) is 0.780. The molecule has 0 unspecified atom stereocenters. The van der Waals surface area contributed by atoms with E-state index >= 15 is 0 Å². The average Bonchev–Trinajstić information content (AvgIpc) is 2.21. The van der Waals surface area contributed by atoms with Gasteiger partial charge in [-0.15, -0.1) is 0 Å². The Kier molecular flexibility index (Phi) is 2.24. The molecule has 0 spiro atoms. The lowest BCUT2D eigenvalue weighted by Crippen LogP contribution is -2.33. The van der Waals surface area contributed by atoms with Crippen LogP contribution in [0.2, 0.25) is 0 Å². The van der Waals surface area contributed by atoms with Crippen molar-refractivity contribution in [1.29, 1.82) is 0 Å². The van der Waals surface area contributed by atoms with E-state index in [1.165, 1.54) is 22.9 Å². The van der Waals surface area contributed by atoms with Crippen molar-refractivity contribution in [3.63, 3.8) is 0 Å². The Morgan fingerprint density at radius 2 is 2.15 bits per heavy atom. The van der Waals surface area contributed by atoms with Gasteiger partial charge in [-0.05, 0) is 13.8 Å². The molecule has 0 amide bonds. The van der Waals surface area contributed by atoms with Gasteiger partial charge in [0.1, 0.15) is 0 Å². The molecule has 1 aliphatic rings. The average molecular weight is 197 g/mol. The van der Waals surface area contributed by atoms with Gasteiger partial charge >= 0.3 is 0 Å². The molecule has 13 heavy (non-hydrogen) atoms. The second kappa shape index (κ2) is 3.25. The Hall–Kier alpha value is -0.640. The number of aryl methyl sites for hydroxylation is 2. The number of nitrogens with one attached hydrogen (secondary N) is 1. The molecule has 0 aromatic carbocycles. The summed E-state index contributed by atoms with van der Waals surface area (Å²) in [5.41, 5.74) is 3.57. The van der Waals surface area contributed by atoms with Gasteiger partial charge in [0.25, 0.3) is 0 Å². The maximum atomic E-state index is 4.37. The standard InChI is InChI=1S/C9H15N3S/c1-6-9(7(2)12(3)11-6)10-8-4-13-5-8/h8,10H,4-5H2,1-3H3. The van der Waals surface area contributed by atoms with E-state index < -0.39 is 0 Å². The van der Waals surface area contributed by atoms with E-state index in [2.05, 4.69) is 24.3 Å². The first-order chi connectivity index (χ1) is 6.18. The molecule has 0 radical (unpaired) electrons. The lowest BCUT2D eigenvalue weighted by molar-refractivity contribution is 0.731. The second-order valence-electron chi connectivity index (χ2n) is 3.55. The van der Waals surface area contributed by atoms with Crippen LogP contribution < -0.4 is 5.32 Å². The summed E-state index contributed by atoms with van der Waals surface area (Å²) in [6.45, 7) is 4.16. The molecule has 0 aliphatic carbocycles. The third-order valence-electron chi connectivity index (χ3n) is 2.50. The zero-order valence-corrected chi connectivity index (χ0v) is 9.11. The molecule has 1 aliphatic heterocycles. The molecule has 1 fully saturated rings. The van der Waals surface area contributed by atoms with Gasteiger partial charge in [-0.3, -0.25) is 4.68 Å². The lowest BCUT2D eigenvalue weighted by atomic mass is 10.2. The summed E-state index contributed by atoms with van der Waals surface area (Å²) >= 11 is 1.99. The SMILES string of the molecule is Cc1nn(C)c(C)c1NC1CSC1. The van der Waals surface area contributed by atoms with Gasteiger partial charge in [-0.2, -0.15) is 16.9 Å². The molecule has 0 saturated carbocycles. The summed E-state index contributed by atoms with van der Waals surface area (Å²) in [6.07, 6.45) is 0. The van der Waals surface area contributed by atoms with Crippen molar-refractivity contribution >= 4 is 17.4 Å². The topological polar surface area (TPSA) is 29.9 Å². The molecule has 2 rings (SSSR count). The van der Waals surface area contributed by atoms with E-state index in [0.29, 0.717) is 6.04 Å². The molecular weight excluding hydrogens is 182 g/mol. The first-order valence-corrected chi connectivity index (χ1v) is 5.68. The van der Waals surface area contributed by atoms with Gasteiger partial charge in [-0.1, -0.05) is 0 Å². The fraction of sp³-hybridized carbons (Fsp3) is 0.667. The molecule has 1 saturated heterocycles. The summed E-state index contributed by atoms with van der Waals surface area (Å²) < 4.78 is 1.93. The van der Waals surface area contributed by atoms with Crippen LogP contribution in [0.4, 0.5) is 5.69 Å². The molecule has 1 aromatic rings. The van der Waals surface area contributed by atoms with Crippen LogP contribution in [0.3, 0.4) is 0 Å². The van der Waals surface area contributed by atoms with Gasteiger partial charge in [0, 0.05) is 24.6 Å². The van der Waals surface area contributed by atoms with Crippen molar-refractivity contribution in [2.75, 3.05) is 16.8 Å². The van der Waals surface area contributed by atoms with Crippen molar-refractivity contribution in [2.24, 2.45) is 7.05 Å². The first kappa shape index (κ1) is 8.94. The monoisotopic (exact) mass is 197 g/mol. The highest BCUT2D eigenvalue weighted by Gasteiger charge is 2.20.